The zero-order chi connectivity index (χ0) is 24.0. The molecule has 0 aromatic heterocycles. The summed E-state index contributed by atoms with van der Waals surface area (Å²) in [6.07, 6.45) is 1.89. The largest absolute Gasteiger partial charge is 0.489 e. The number of carbonyl (C=O) groups excluding carboxylic acids is 1. The first-order chi connectivity index (χ1) is 17.2. The second-order valence-corrected chi connectivity index (χ2v) is 9.25. The van der Waals surface area contributed by atoms with Crippen LogP contribution < -0.4 is 9.64 Å². The number of thioether (sulfide) groups is 1. The molecule has 35 heavy (non-hydrogen) atoms. The van der Waals surface area contributed by atoms with E-state index in [9.17, 15) is 4.79 Å². The van der Waals surface area contributed by atoms with Crippen molar-refractivity contribution in [2.45, 2.75) is 6.61 Å². The molecule has 0 spiro atoms. The summed E-state index contributed by atoms with van der Waals surface area (Å²) in [7, 11) is 0. The number of hydrogen-bond acceptors (Lipinski definition) is 4. The normalized spacial score (nSPS) is 15.7. The van der Waals surface area contributed by atoms with Gasteiger partial charge in [0.05, 0.1) is 16.3 Å². The average Bonchev–Trinajstić information content (AvgIpc) is 3.19. The van der Waals surface area contributed by atoms with Crippen molar-refractivity contribution in [1.29, 1.82) is 0 Å². The van der Waals surface area contributed by atoms with Crippen molar-refractivity contribution in [1.82, 2.24) is 0 Å². The van der Waals surface area contributed by atoms with E-state index in [2.05, 4.69) is 0 Å². The Balaban J connectivity index is 1.36. The van der Waals surface area contributed by atoms with Crippen LogP contribution in [0.1, 0.15) is 11.1 Å². The monoisotopic (exact) mass is 496 g/mol. The minimum absolute atomic E-state index is 0.0982. The lowest BCUT2D eigenvalue weighted by Crippen LogP contribution is -2.28. The second-order valence-electron chi connectivity index (χ2n) is 7.80. The van der Waals surface area contributed by atoms with Crippen molar-refractivity contribution in [3.63, 3.8) is 0 Å². The number of amidine groups is 1. The van der Waals surface area contributed by atoms with Gasteiger partial charge in [-0.3, -0.25) is 9.69 Å². The van der Waals surface area contributed by atoms with Crippen LogP contribution in [-0.4, -0.2) is 11.1 Å². The summed E-state index contributed by atoms with van der Waals surface area (Å²) in [6, 6.07) is 34.5. The van der Waals surface area contributed by atoms with E-state index >= 15 is 0 Å². The fourth-order valence-electron chi connectivity index (χ4n) is 3.53. The molecular formula is C29H21ClN2O2S. The van der Waals surface area contributed by atoms with E-state index in [1.54, 1.807) is 4.90 Å². The van der Waals surface area contributed by atoms with Gasteiger partial charge in [-0.15, -0.1) is 0 Å². The summed E-state index contributed by atoms with van der Waals surface area (Å²) in [4.78, 5) is 20.4. The Bertz CT molecular complexity index is 1370. The molecule has 1 saturated heterocycles. The van der Waals surface area contributed by atoms with Gasteiger partial charge in [-0.25, -0.2) is 4.99 Å². The maximum absolute atomic E-state index is 13.4. The standard InChI is InChI=1S/C29H21ClN2O2S/c30-23-15-11-22(12-16-23)20-34-26-17-13-21(14-18-26)19-27-28(33)32(25-9-5-2-6-10-25)29(35-27)31-24-7-3-1-4-8-24/h1-19H,20H2/b27-19+,31-29?. The summed E-state index contributed by atoms with van der Waals surface area (Å²) < 4.78 is 5.87. The van der Waals surface area contributed by atoms with Crippen molar-refractivity contribution < 1.29 is 9.53 Å². The molecule has 0 unspecified atom stereocenters. The summed E-state index contributed by atoms with van der Waals surface area (Å²) >= 11 is 7.31. The third-order valence-electron chi connectivity index (χ3n) is 5.30. The Kier molecular flexibility index (Phi) is 6.98. The summed E-state index contributed by atoms with van der Waals surface area (Å²) in [6.45, 7) is 0.456. The minimum atomic E-state index is -0.0982. The fraction of sp³-hybridized carbons (Fsp3) is 0.0345. The van der Waals surface area contributed by atoms with Crippen LogP contribution in [0.2, 0.25) is 5.02 Å². The van der Waals surface area contributed by atoms with Gasteiger partial charge in [-0.1, -0.05) is 72.3 Å². The van der Waals surface area contributed by atoms with Crippen molar-refractivity contribution in [3.05, 3.63) is 130 Å². The van der Waals surface area contributed by atoms with Crippen molar-refractivity contribution >= 4 is 51.9 Å². The lowest BCUT2D eigenvalue weighted by atomic mass is 10.2. The number of para-hydroxylation sites is 2. The van der Waals surface area contributed by atoms with Gasteiger partial charge < -0.3 is 4.74 Å². The minimum Gasteiger partial charge on any atom is -0.489 e. The third kappa shape index (κ3) is 5.65. The van der Waals surface area contributed by atoms with Crippen LogP contribution in [0.3, 0.4) is 0 Å². The van der Waals surface area contributed by atoms with E-state index in [1.807, 2.05) is 115 Å². The van der Waals surface area contributed by atoms with Crippen molar-refractivity contribution in [2.24, 2.45) is 4.99 Å². The number of rotatable bonds is 6. The number of benzene rings is 4. The Morgan fingerprint density at radius 2 is 1.49 bits per heavy atom. The molecule has 1 amide bonds. The number of anilines is 1. The Morgan fingerprint density at radius 3 is 2.17 bits per heavy atom. The lowest BCUT2D eigenvalue weighted by Gasteiger charge is -2.15. The zero-order valence-electron chi connectivity index (χ0n) is 18.7. The summed E-state index contributed by atoms with van der Waals surface area (Å²) in [5.41, 5.74) is 3.54. The van der Waals surface area contributed by atoms with Crippen molar-refractivity contribution in [3.8, 4) is 5.75 Å². The van der Waals surface area contributed by atoms with Gasteiger partial charge in [-0.05, 0) is 77.5 Å². The Labute approximate surface area is 213 Å². The highest BCUT2D eigenvalue weighted by molar-refractivity contribution is 8.19. The fourth-order valence-corrected chi connectivity index (χ4v) is 4.65. The average molecular weight is 497 g/mol. The van der Waals surface area contributed by atoms with Gasteiger partial charge in [-0.2, -0.15) is 0 Å². The number of aliphatic imine (C=N–C) groups is 1. The Morgan fingerprint density at radius 1 is 0.829 bits per heavy atom. The number of ether oxygens (including phenoxy) is 1. The van der Waals surface area contributed by atoms with Gasteiger partial charge in [0.25, 0.3) is 5.91 Å². The number of amides is 1. The van der Waals surface area contributed by atoms with Crippen LogP contribution in [0.4, 0.5) is 11.4 Å². The first-order valence-corrected chi connectivity index (χ1v) is 12.3. The smallest absolute Gasteiger partial charge is 0.271 e. The molecule has 172 valence electrons. The van der Waals surface area contributed by atoms with Gasteiger partial charge in [0.1, 0.15) is 12.4 Å². The van der Waals surface area contributed by atoms with Gasteiger partial charge in [0, 0.05) is 5.02 Å². The first-order valence-electron chi connectivity index (χ1n) is 11.1. The van der Waals surface area contributed by atoms with Gasteiger partial charge in [0.15, 0.2) is 5.17 Å². The molecule has 0 N–H and O–H groups in total. The zero-order valence-corrected chi connectivity index (χ0v) is 20.2. The van der Waals surface area contributed by atoms with Crippen LogP contribution in [0.15, 0.2) is 119 Å². The molecule has 1 aliphatic heterocycles. The van der Waals surface area contributed by atoms with E-state index in [0.29, 0.717) is 21.7 Å². The quantitative estimate of drug-likeness (QED) is 0.256. The molecular weight excluding hydrogens is 476 g/mol. The second kappa shape index (κ2) is 10.6. The molecule has 6 heteroatoms. The van der Waals surface area contributed by atoms with Gasteiger partial charge in [0.2, 0.25) is 0 Å². The molecule has 1 fully saturated rings. The van der Waals surface area contributed by atoms with Gasteiger partial charge >= 0.3 is 0 Å². The van der Waals surface area contributed by atoms with Crippen LogP contribution in [0.5, 0.6) is 5.75 Å². The highest BCUT2D eigenvalue weighted by Crippen LogP contribution is 2.37. The maximum atomic E-state index is 13.4. The van der Waals surface area contributed by atoms with Crippen LogP contribution in [-0.2, 0) is 11.4 Å². The molecule has 0 aliphatic carbocycles. The molecule has 4 nitrogen and oxygen atoms in total. The van der Waals surface area contributed by atoms with E-state index in [-0.39, 0.29) is 5.91 Å². The highest BCUT2D eigenvalue weighted by atomic mass is 35.5. The number of nitrogens with zero attached hydrogens (tertiary/aromatic N) is 2. The number of carbonyl (C=O) groups is 1. The topological polar surface area (TPSA) is 41.9 Å². The van der Waals surface area contributed by atoms with E-state index in [1.165, 1.54) is 11.8 Å². The SMILES string of the molecule is O=C1/C(=C\c2ccc(OCc3ccc(Cl)cc3)cc2)SC(=Nc2ccccc2)N1c1ccccc1. The maximum Gasteiger partial charge on any atom is 0.271 e. The first kappa shape index (κ1) is 23.0. The predicted octanol–water partition coefficient (Wildman–Crippen LogP) is 7.73. The molecule has 0 saturated carbocycles. The third-order valence-corrected chi connectivity index (χ3v) is 6.52. The van der Waals surface area contributed by atoms with E-state index in [0.717, 1.165) is 28.3 Å². The highest BCUT2D eigenvalue weighted by Gasteiger charge is 2.34. The molecule has 0 radical (unpaired) electrons. The molecule has 4 aromatic rings. The van der Waals surface area contributed by atoms with Crippen LogP contribution >= 0.6 is 23.4 Å². The Hall–Kier alpha value is -3.80. The van der Waals surface area contributed by atoms with Crippen molar-refractivity contribution in [2.75, 3.05) is 4.90 Å². The summed E-state index contributed by atoms with van der Waals surface area (Å²) in [5, 5.41) is 1.33. The predicted molar refractivity (Wildman–Crippen MR) is 145 cm³/mol. The summed E-state index contributed by atoms with van der Waals surface area (Å²) in [5.74, 6) is 0.656. The molecule has 1 aliphatic rings. The van der Waals surface area contributed by atoms with Crippen LogP contribution in [0.25, 0.3) is 6.08 Å². The van der Waals surface area contributed by atoms with Crippen LogP contribution in [0, 0.1) is 0 Å². The number of halogens is 1. The molecule has 0 bridgehead atoms. The van der Waals surface area contributed by atoms with E-state index in [4.69, 9.17) is 21.3 Å². The molecule has 4 aromatic carbocycles. The molecule has 5 rings (SSSR count). The molecule has 0 atom stereocenters. The van der Waals surface area contributed by atoms with E-state index < -0.39 is 0 Å². The number of hydrogen-bond donors (Lipinski definition) is 0. The molecule has 1 heterocycles. The lowest BCUT2D eigenvalue weighted by molar-refractivity contribution is -0.113.